The summed E-state index contributed by atoms with van der Waals surface area (Å²) in [6.07, 6.45) is 1.73. The Kier molecular flexibility index (Phi) is 2.99. The van der Waals surface area contributed by atoms with E-state index in [4.69, 9.17) is 9.79 Å². The summed E-state index contributed by atoms with van der Waals surface area (Å²) in [4.78, 5) is 41.8. The fraction of sp³-hybridized carbons (Fsp3) is 0.143. The molecule has 0 saturated heterocycles. The summed E-state index contributed by atoms with van der Waals surface area (Å²) in [7, 11) is -4.27. The SMILES string of the molecule is O=c1ccn(-c2cn(CP(=O)(O)O)nn2)c(=O)[nH]1. The Hall–Kier alpha value is -2.03. The molecule has 0 bridgehead atoms. The van der Waals surface area contributed by atoms with Crippen LogP contribution >= 0.6 is 7.60 Å². The molecular formula is C7H8N5O5P. The molecule has 96 valence electrons. The number of aromatic amines is 1. The molecule has 0 unspecified atom stereocenters. The quantitative estimate of drug-likeness (QED) is 0.562. The van der Waals surface area contributed by atoms with Crippen LogP contribution in [0.4, 0.5) is 0 Å². The molecule has 0 aliphatic heterocycles. The van der Waals surface area contributed by atoms with Crippen LogP contribution in [-0.4, -0.2) is 34.3 Å². The van der Waals surface area contributed by atoms with Crippen molar-refractivity contribution in [2.45, 2.75) is 6.29 Å². The van der Waals surface area contributed by atoms with Crippen molar-refractivity contribution in [3.05, 3.63) is 39.3 Å². The maximum Gasteiger partial charge on any atom is 0.346 e. The van der Waals surface area contributed by atoms with Gasteiger partial charge in [-0.15, -0.1) is 5.10 Å². The van der Waals surface area contributed by atoms with Crippen LogP contribution in [-0.2, 0) is 10.9 Å². The maximum absolute atomic E-state index is 11.4. The minimum Gasteiger partial charge on any atom is -0.323 e. The first-order valence-corrected chi connectivity index (χ1v) is 6.42. The average molecular weight is 273 g/mol. The van der Waals surface area contributed by atoms with Crippen LogP contribution in [0, 0.1) is 0 Å². The third-order valence-electron chi connectivity index (χ3n) is 1.93. The van der Waals surface area contributed by atoms with E-state index >= 15 is 0 Å². The van der Waals surface area contributed by atoms with Crippen molar-refractivity contribution < 1.29 is 14.4 Å². The summed E-state index contributed by atoms with van der Waals surface area (Å²) >= 11 is 0. The lowest BCUT2D eigenvalue weighted by molar-refractivity contribution is 0.358. The Labute approximate surface area is 98.7 Å². The van der Waals surface area contributed by atoms with Crippen LogP contribution in [0.25, 0.3) is 5.82 Å². The largest absolute Gasteiger partial charge is 0.346 e. The third kappa shape index (κ3) is 2.80. The van der Waals surface area contributed by atoms with Crippen molar-refractivity contribution >= 4 is 7.60 Å². The van der Waals surface area contributed by atoms with E-state index in [1.54, 1.807) is 0 Å². The standard InChI is InChI=1S/C7H8N5O5P/c13-6-1-2-12(7(14)8-6)5-3-11(10-9-5)4-18(15,16)17/h1-3H,4H2,(H,8,13,14)(H2,15,16,17). The molecule has 2 aromatic heterocycles. The van der Waals surface area contributed by atoms with E-state index in [1.165, 1.54) is 12.4 Å². The van der Waals surface area contributed by atoms with Crippen molar-refractivity contribution in [3.63, 3.8) is 0 Å². The van der Waals surface area contributed by atoms with Gasteiger partial charge in [0.15, 0.2) is 5.82 Å². The lowest BCUT2D eigenvalue weighted by Crippen LogP contribution is -2.27. The number of hydrogen-bond donors (Lipinski definition) is 3. The first-order valence-electron chi connectivity index (χ1n) is 4.62. The van der Waals surface area contributed by atoms with Crippen molar-refractivity contribution in [3.8, 4) is 5.82 Å². The normalized spacial score (nSPS) is 11.7. The van der Waals surface area contributed by atoms with E-state index in [0.29, 0.717) is 0 Å². The van der Waals surface area contributed by atoms with Crippen LogP contribution in [0.5, 0.6) is 0 Å². The Morgan fingerprint density at radius 2 is 2.11 bits per heavy atom. The highest BCUT2D eigenvalue weighted by Crippen LogP contribution is 2.35. The molecule has 0 radical (unpaired) electrons. The Bertz CT molecular complexity index is 724. The molecule has 0 amide bonds. The van der Waals surface area contributed by atoms with Gasteiger partial charge in [-0.25, -0.2) is 9.48 Å². The Balaban J connectivity index is 2.38. The van der Waals surface area contributed by atoms with Gasteiger partial charge in [-0.3, -0.25) is 18.9 Å². The Morgan fingerprint density at radius 1 is 1.39 bits per heavy atom. The lowest BCUT2D eigenvalue weighted by Gasteiger charge is -2.01. The van der Waals surface area contributed by atoms with Gasteiger partial charge < -0.3 is 9.79 Å². The monoisotopic (exact) mass is 273 g/mol. The number of nitrogens with zero attached hydrogens (tertiary/aromatic N) is 4. The molecule has 2 heterocycles. The van der Waals surface area contributed by atoms with Gasteiger partial charge in [-0.1, -0.05) is 5.21 Å². The van der Waals surface area contributed by atoms with Crippen LogP contribution < -0.4 is 11.2 Å². The fourth-order valence-corrected chi connectivity index (χ4v) is 1.77. The van der Waals surface area contributed by atoms with Crippen LogP contribution in [0.2, 0.25) is 0 Å². The molecule has 18 heavy (non-hydrogen) atoms. The topological polar surface area (TPSA) is 143 Å². The van der Waals surface area contributed by atoms with Gasteiger partial charge in [0.25, 0.3) is 5.56 Å². The van der Waals surface area contributed by atoms with Crippen molar-refractivity contribution in [2.75, 3.05) is 0 Å². The van der Waals surface area contributed by atoms with E-state index in [1.807, 2.05) is 4.98 Å². The first kappa shape index (κ1) is 12.4. The second-order valence-electron chi connectivity index (χ2n) is 3.40. The van der Waals surface area contributed by atoms with E-state index in [2.05, 4.69) is 10.3 Å². The number of hydrogen-bond acceptors (Lipinski definition) is 5. The third-order valence-corrected chi connectivity index (χ3v) is 2.58. The smallest absolute Gasteiger partial charge is 0.323 e. The van der Waals surface area contributed by atoms with Gasteiger partial charge in [-0.2, -0.15) is 0 Å². The molecule has 2 aromatic rings. The molecule has 2 rings (SSSR count). The molecular weight excluding hydrogens is 265 g/mol. The van der Waals surface area contributed by atoms with Crippen LogP contribution in [0.15, 0.2) is 28.0 Å². The number of aromatic nitrogens is 5. The van der Waals surface area contributed by atoms with E-state index in [0.717, 1.165) is 15.3 Å². The van der Waals surface area contributed by atoms with Crippen molar-refractivity contribution in [1.82, 2.24) is 24.5 Å². The lowest BCUT2D eigenvalue weighted by atomic mass is 10.6. The van der Waals surface area contributed by atoms with Crippen molar-refractivity contribution in [1.29, 1.82) is 0 Å². The highest BCUT2D eigenvalue weighted by molar-refractivity contribution is 7.50. The van der Waals surface area contributed by atoms with Gasteiger partial charge in [0, 0.05) is 12.3 Å². The average Bonchev–Trinajstić information content (AvgIpc) is 2.63. The summed E-state index contributed by atoms with van der Waals surface area (Å²) in [6.45, 7) is 0. The molecule has 0 atom stereocenters. The number of nitrogens with one attached hydrogen (secondary N) is 1. The summed E-state index contributed by atoms with van der Waals surface area (Å²) in [5.41, 5.74) is -1.27. The van der Waals surface area contributed by atoms with Crippen LogP contribution in [0.1, 0.15) is 0 Å². The van der Waals surface area contributed by atoms with Gasteiger partial charge in [0.05, 0.1) is 6.20 Å². The van der Waals surface area contributed by atoms with Gasteiger partial charge >= 0.3 is 13.3 Å². The van der Waals surface area contributed by atoms with Crippen molar-refractivity contribution in [2.24, 2.45) is 0 Å². The summed E-state index contributed by atoms with van der Waals surface area (Å²) in [5.74, 6) is 0.0460. The minimum absolute atomic E-state index is 0.0460. The second-order valence-corrected chi connectivity index (χ2v) is 5.01. The number of H-pyrrole nitrogens is 1. The van der Waals surface area contributed by atoms with E-state index < -0.39 is 25.1 Å². The fourth-order valence-electron chi connectivity index (χ4n) is 1.25. The maximum atomic E-state index is 11.4. The summed E-state index contributed by atoms with van der Waals surface area (Å²) < 4.78 is 12.6. The zero-order chi connectivity index (χ0) is 13.3. The van der Waals surface area contributed by atoms with Gasteiger partial charge in [-0.05, 0) is 0 Å². The zero-order valence-corrected chi connectivity index (χ0v) is 9.69. The molecule has 0 aliphatic carbocycles. The highest BCUT2D eigenvalue weighted by atomic mass is 31.2. The predicted octanol–water partition coefficient (Wildman–Crippen LogP) is -1.75. The van der Waals surface area contributed by atoms with Gasteiger partial charge in [0.1, 0.15) is 6.29 Å². The zero-order valence-electron chi connectivity index (χ0n) is 8.79. The Morgan fingerprint density at radius 3 is 2.72 bits per heavy atom. The molecule has 0 saturated carbocycles. The molecule has 10 nitrogen and oxygen atoms in total. The highest BCUT2D eigenvalue weighted by Gasteiger charge is 2.15. The molecule has 3 N–H and O–H groups in total. The first-order chi connectivity index (χ1) is 8.35. The van der Waals surface area contributed by atoms with E-state index in [-0.39, 0.29) is 5.82 Å². The summed E-state index contributed by atoms with van der Waals surface area (Å²) in [5, 5.41) is 7.04. The minimum atomic E-state index is -4.27. The molecule has 11 heteroatoms. The predicted molar refractivity (Wildman–Crippen MR) is 58.3 cm³/mol. The molecule has 0 spiro atoms. The molecule has 0 aliphatic rings. The van der Waals surface area contributed by atoms with Crippen LogP contribution in [0.3, 0.4) is 0 Å². The molecule has 0 aromatic carbocycles. The second kappa shape index (κ2) is 4.33. The number of rotatable bonds is 3. The summed E-state index contributed by atoms with van der Waals surface area (Å²) in [6, 6.07) is 1.11. The molecule has 0 fully saturated rings. The van der Waals surface area contributed by atoms with E-state index in [9.17, 15) is 14.2 Å². The van der Waals surface area contributed by atoms with Gasteiger partial charge in [0.2, 0.25) is 0 Å².